The second-order valence-electron chi connectivity index (χ2n) is 35.8. The molecule has 4 aliphatic rings. The maximum absolute atomic E-state index is 14.8. The van der Waals surface area contributed by atoms with E-state index in [0.717, 1.165) is 208 Å². The van der Waals surface area contributed by atoms with Crippen LogP contribution in [-0.4, -0.2) is 132 Å². The molecular formula is C110H115F3N18O4S4. The van der Waals surface area contributed by atoms with E-state index in [-0.39, 0.29) is 41.1 Å². The third-order valence-corrected chi connectivity index (χ3v) is 30.4. The number of nitrogens with two attached hydrogens (primary N) is 4. The van der Waals surface area contributed by atoms with Crippen LogP contribution < -0.4 is 63.8 Å². The summed E-state index contributed by atoms with van der Waals surface area (Å²) < 4.78 is 42.4. The second kappa shape index (κ2) is 45.2. The van der Waals surface area contributed by atoms with Gasteiger partial charge in [0.05, 0.1) is 22.7 Å². The van der Waals surface area contributed by atoms with E-state index >= 15 is 0 Å². The van der Waals surface area contributed by atoms with Gasteiger partial charge in [-0.2, -0.15) is 0 Å². The Kier molecular flexibility index (Phi) is 31.5. The van der Waals surface area contributed by atoms with Gasteiger partial charge in [0.15, 0.2) is 0 Å². The van der Waals surface area contributed by atoms with E-state index in [1.54, 1.807) is 24.5 Å². The average Bonchev–Trinajstić information content (AvgIpc) is 1.39. The van der Waals surface area contributed by atoms with Crippen LogP contribution in [0, 0.1) is 45.1 Å². The Labute approximate surface area is 824 Å². The summed E-state index contributed by atoms with van der Waals surface area (Å²) in [6, 6.07) is 61.3. The third kappa shape index (κ3) is 23.4. The van der Waals surface area contributed by atoms with Gasteiger partial charge in [0.2, 0.25) is 0 Å². The number of amides is 4. The van der Waals surface area contributed by atoms with Crippen molar-refractivity contribution in [2.45, 2.75) is 130 Å². The van der Waals surface area contributed by atoms with E-state index in [0.29, 0.717) is 93.3 Å². The number of nitrogens with zero attached hydrogens (tertiary/aromatic N) is 10. The number of aromatic nitrogens is 6. The number of benzene rings is 7. The van der Waals surface area contributed by atoms with E-state index in [2.05, 4.69) is 144 Å². The molecule has 139 heavy (non-hydrogen) atoms. The number of pyridine rings is 4. The molecule has 4 amide bonds. The molecule has 7 aromatic carbocycles. The first kappa shape index (κ1) is 96.8. The Morgan fingerprint density at radius 2 is 0.619 bits per heavy atom. The summed E-state index contributed by atoms with van der Waals surface area (Å²) in [7, 11) is 0. The smallest absolute Gasteiger partial charge is 0.263 e. The molecule has 0 saturated carbocycles. The molecule has 714 valence electrons. The fourth-order valence-corrected chi connectivity index (χ4v) is 22.8. The lowest BCUT2D eigenvalue weighted by Crippen LogP contribution is -2.30. The molecule has 22 nitrogen and oxygen atoms in total. The van der Waals surface area contributed by atoms with Crippen molar-refractivity contribution < 1.29 is 32.3 Å². The summed E-state index contributed by atoms with van der Waals surface area (Å²) in [6.45, 7) is 17.9. The molecular weight excluding hydrogens is 1820 g/mol. The van der Waals surface area contributed by atoms with E-state index in [4.69, 9.17) is 22.9 Å². The lowest BCUT2D eigenvalue weighted by atomic mass is 9.97. The number of piperidine rings is 4. The van der Waals surface area contributed by atoms with Crippen LogP contribution in [0.1, 0.15) is 161 Å². The highest BCUT2D eigenvalue weighted by Crippen LogP contribution is 2.43. The third-order valence-electron chi connectivity index (χ3n) is 25.9. The van der Waals surface area contributed by atoms with Gasteiger partial charge >= 0.3 is 0 Å². The molecule has 13 heterocycles. The van der Waals surface area contributed by atoms with Crippen LogP contribution in [0.25, 0.3) is 85.4 Å². The zero-order chi connectivity index (χ0) is 96.6. The van der Waals surface area contributed by atoms with Crippen molar-refractivity contribution in [3.05, 3.63) is 295 Å². The first-order chi connectivity index (χ1) is 67.6. The molecule has 4 aliphatic heterocycles. The van der Waals surface area contributed by atoms with Crippen LogP contribution in [0.4, 0.5) is 58.7 Å². The zero-order valence-electron chi connectivity index (χ0n) is 78.7. The number of aryl methyl sites for hydroxylation is 4. The maximum atomic E-state index is 14.8. The van der Waals surface area contributed by atoms with Gasteiger partial charge in [-0.15, -0.1) is 45.3 Å². The molecule has 0 bridgehead atoms. The highest BCUT2D eigenvalue weighted by molar-refractivity contribution is 7.22. The van der Waals surface area contributed by atoms with E-state index in [9.17, 15) is 32.3 Å². The minimum atomic E-state index is -0.240. The van der Waals surface area contributed by atoms with Gasteiger partial charge in [-0.05, 0) is 291 Å². The Morgan fingerprint density at radius 1 is 0.309 bits per heavy atom. The average molecular weight is 1940 g/mol. The summed E-state index contributed by atoms with van der Waals surface area (Å²) in [5.74, 6) is -1.40. The fourth-order valence-electron chi connectivity index (χ4n) is 18.5. The molecule has 29 heteroatoms. The molecule has 4 saturated heterocycles. The van der Waals surface area contributed by atoms with Crippen molar-refractivity contribution >= 4 is 155 Å². The molecule has 12 N–H and O–H groups in total. The van der Waals surface area contributed by atoms with E-state index in [1.165, 1.54) is 145 Å². The second-order valence-corrected chi connectivity index (χ2v) is 39.8. The number of halogens is 3. The van der Waals surface area contributed by atoms with Crippen molar-refractivity contribution in [2.24, 2.45) is 0 Å². The number of carbonyl (C=O) groups excluding carboxylic acids is 4. The summed E-state index contributed by atoms with van der Waals surface area (Å²) in [5.41, 5.74) is 47.2. The number of carbonyl (C=O) groups is 4. The quantitative estimate of drug-likeness (QED) is 0.0279. The van der Waals surface area contributed by atoms with Crippen molar-refractivity contribution in [3.8, 4) is 44.5 Å². The minimum Gasteiger partial charge on any atom is -0.397 e. The molecule has 20 rings (SSSR count). The number of fused-ring (bicyclic) bond motifs is 4. The minimum absolute atomic E-state index is 0.153. The number of rotatable bonds is 24. The zero-order valence-corrected chi connectivity index (χ0v) is 82.0. The standard InChI is InChI=1S/3C28H29FN4OS.C26H28N6OS/c1-18-9-11-21-25(30)26(35-28(21)32-18)27(34)31-14-13-19-10-12-24(33-15-5-2-6-16-33)22(17-19)20-7-3-4-8-23(20)29;1-18-5-11-22-25(30)26(35-28(22)32-18)27(34)31-14-13-19-6-12-24(33-15-3-2-4-16-33)23(17-19)20-7-9-21(29)10-8-20;1-18-8-10-22-25(30)26(35-28(22)32-18)27(34)31-13-12-19-9-11-24(33-14-3-2-4-15-33)23(16-19)20-6-5-7-21(29)17-20;1-17-5-7-20-23(27)24(34-26(20)31-17)25(33)30-10-9-18-6-8-22(32-11-3-2-4-12-32)21(13-18)19-14-28-16-29-15-19/h3-4,7-12,17H,2,5-6,13-16,30H2,1H3,(H,31,34);5-12,17H,2-4,13-16,30H2,1H3,(H,31,34);5-11,16-17H,2-4,12-15,30H2,1H3,(H,31,34);5-8,13-16H,2-4,9-12,27H2,1H3,(H,30,33). The predicted octanol–water partition coefficient (Wildman–Crippen LogP) is 22.5. The first-order valence-electron chi connectivity index (χ1n) is 47.9. The van der Waals surface area contributed by atoms with Gasteiger partial charge in [0.25, 0.3) is 23.6 Å². The molecule has 16 aromatic rings. The van der Waals surface area contributed by atoms with Crippen molar-refractivity contribution in [1.82, 2.24) is 51.2 Å². The Balaban J connectivity index is 0.000000128. The number of thiophene rings is 4. The van der Waals surface area contributed by atoms with Crippen LogP contribution >= 0.6 is 45.3 Å². The maximum Gasteiger partial charge on any atom is 0.263 e. The van der Waals surface area contributed by atoms with Crippen molar-refractivity contribution in [1.29, 1.82) is 0 Å². The summed E-state index contributed by atoms with van der Waals surface area (Å²) in [5, 5.41) is 15.3. The summed E-state index contributed by atoms with van der Waals surface area (Å²) in [6.07, 6.45) is 22.5. The number of nitrogen functional groups attached to an aromatic ring is 4. The molecule has 4 fully saturated rings. The normalized spacial score (nSPS) is 13.8. The molecule has 0 atom stereocenters. The molecule has 0 unspecified atom stereocenters. The Bertz CT molecular complexity index is 7100. The van der Waals surface area contributed by atoms with Crippen molar-refractivity contribution in [2.75, 3.05) is 121 Å². The summed E-state index contributed by atoms with van der Waals surface area (Å²) in [4.78, 5) is 92.5. The molecule has 0 radical (unpaired) electrons. The number of hydrogen-bond acceptors (Lipinski definition) is 22. The fraction of sp³-hybridized carbons (Fsp3) is 0.291. The topological polar surface area (TPSA) is 311 Å². The summed E-state index contributed by atoms with van der Waals surface area (Å²) >= 11 is 5.31. The highest BCUT2D eigenvalue weighted by atomic mass is 32.1. The van der Waals surface area contributed by atoms with Crippen LogP contribution in [0.2, 0.25) is 0 Å². The van der Waals surface area contributed by atoms with E-state index < -0.39 is 0 Å². The van der Waals surface area contributed by atoms with Gasteiger partial charge in [-0.3, -0.25) is 19.2 Å². The van der Waals surface area contributed by atoms with Gasteiger partial charge in [-0.1, -0.05) is 66.7 Å². The van der Waals surface area contributed by atoms with E-state index in [1.807, 2.05) is 119 Å². The Hall–Kier alpha value is -13.9. The monoisotopic (exact) mass is 1940 g/mol. The first-order valence-corrected chi connectivity index (χ1v) is 51.2. The van der Waals surface area contributed by atoms with Gasteiger partial charge < -0.3 is 63.8 Å². The number of hydrogen-bond donors (Lipinski definition) is 8. The van der Waals surface area contributed by atoms with Crippen molar-refractivity contribution in [3.63, 3.8) is 0 Å². The lowest BCUT2D eigenvalue weighted by molar-refractivity contribution is 0.0950. The molecule has 0 spiro atoms. The van der Waals surface area contributed by atoms with Crippen LogP contribution in [-0.2, 0) is 25.7 Å². The highest BCUT2D eigenvalue weighted by Gasteiger charge is 2.27. The van der Waals surface area contributed by atoms with Crippen LogP contribution in [0.3, 0.4) is 0 Å². The van der Waals surface area contributed by atoms with Gasteiger partial charge in [0, 0.05) is 191 Å². The lowest BCUT2D eigenvalue weighted by Gasteiger charge is -2.31. The predicted molar refractivity (Wildman–Crippen MR) is 566 cm³/mol. The molecule has 9 aromatic heterocycles. The van der Waals surface area contributed by atoms with Crippen LogP contribution in [0.5, 0.6) is 0 Å². The number of nitrogens with one attached hydrogen (secondary N) is 4. The Morgan fingerprint density at radius 3 is 0.950 bits per heavy atom. The van der Waals surface area contributed by atoms with Gasteiger partial charge in [-0.25, -0.2) is 43.1 Å². The molecule has 0 aliphatic carbocycles. The SMILES string of the molecule is Cc1ccc2c(N)c(C(=O)NCCc3ccc(N4CCCCC4)c(-c4ccc(F)cc4)c3)sc2n1.Cc1ccc2c(N)c(C(=O)NCCc3ccc(N4CCCCC4)c(-c4cccc(F)c4)c3)sc2n1.Cc1ccc2c(N)c(C(=O)NCCc3ccc(N4CCCCC4)c(-c4ccccc4F)c3)sc2n1.Cc1ccc2c(N)c(C(=O)NCCc3ccc(N4CCCCC4)c(-c4cncnc4)c3)sc2n1. The van der Waals surface area contributed by atoms with Crippen LogP contribution in [0.15, 0.2) is 213 Å². The largest absolute Gasteiger partial charge is 0.397 e. The number of anilines is 8. The van der Waals surface area contributed by atoms with Gasteiger partial charge in [0.1, 0.15) is 62.6 Å².